The van der Waals surface area contributed by atoms with Crippen molar-refractivity contribution in [2.45, 2.75) is 18.3 Å². The number of aromatic hydroxyl groups is 1. The molecule has 0 aromatic heterocycles. The van der Waals surface area contributed by atoms with Crippen LogP contribution in [0.1, 0.15) is 28.8 Å². The minimum absolute atomic E-state index is 0.0749. The maximum atomic E-state index is 13.6. The van der Waals surface area contributed by atoms with Crippen LogP contribution in [0.2, 0.25) is 5.02 Å². The summed E-state index contributed by atoms with van der Waals surface area (Å²) in [5.74, 6) is -1.81. The molecule has 1 aliphatic heterocycles. The van der Waals surface area contributed by atoms with E-state index < -0.39 is 11.6 Å². The number of para-hydroxylation sites is 1. The lowest BCUT2D eigenvalue weighted by Crippen LogP contribution is -2.31. The lowest BCUT2D eigenvalue weighted by Gasteiger charge is -2.18. The van der Waals surface area contributed by atoms with Gasteiger partial charge in [-0.05, 0) is 36.6 Å². The van der Waals surface area contributed by atoms with Crippen LogP contribution in [0.3, 0.4) is 0 Å². The number of anilines is 1. The predicted molar refractivity (Wildman–Crippen MR) is 82.1 cm³/mol. The number of carbonyl (C=O) groups excluding carboxylic acids is 1. The van der Waals surface area contributed by atoms with Crippen LogP contribution >= 0.6 is 11.6 Å². The van der Waals surface area contributed by atoms with Crippen LogP contribution in [0, 0.1) is 5.82 Å². The van der Waals surface area contributed by atoms with Crippen molar-refractivity contribution in [2.24, 2.45) is 0 Å². The van der Waals surface area contributed by atoms with Crippen LogP contribution in [0.15, 0.2) is 36.4 Å². The molecular formula is C17H13ClFNO2. The number of phenols is 1. The summed E-state index contributed by atoms with van der Waals surface area (Å²) < 4.78 is 13.6. The van der Waals surface area contributed by atoms with Crippen LogP contribution in [0.25, 0.3) is 0 Å². The number of halogens is 2. The van der Waals surface area contributed by atoms with Crippen molar-refractivity contribution < 1.29 is 14.3 Å². The second-order valence-corrected chi connectivity index (χ2v) is 6.38. The second-order valence-electron chi connectivity index (χ2n) is 5.98. The highest BCUT2D eigenvalue weighted by molar-refractivity contribution is 6.32. The third kappa shape index (κ3) is 1.83. The van der Waals surface area contributed by atoms with Gasteiger partial charge >= 0.3 is 0 Å². The van der Waals surface area contributed by atoms with Crippen molar-refractivity contribution in [1.82, 2.24) is 0 Å². The van der Waals surface area contributed by atoms with E-state index in [1.807, 2.05) is 18.2 Å². The summed E-state index contributed by atoms with van der Waals surface area (Å²) in [6, 6.07) is 10.2. The van der Waals surface area contributed by atoms with E-state index in [0.717, 1.165) is 24.6 Å². The van der Waals surface area contributed by atoms with Gasteiger partial charge in [-0.25, -0.2) is 4.39 Å². The molecule has 0 unspecified atom stereocenters. The van der Waals surface area contributed by atoms with Crippen molar-refractivity contribution in [3.8, 4) is 5.75 Å². The van der Waals surface area contributed by atoms with Gasteiger partial charge in [0.2, 0.25) is 0 Å². The minimum Gasteiger partial charge on any atom is -0.504 e. The first-order valence-electron chi connectivity index (χ1n) is 7.11. The molecule has 22 heavy (non-hydrogen) atoms. The van der Waals surface area contributed by atoms with Gasteiger partial charge in [-0.1, -0.05) is 29.8 Å². The van der Waals surface area contributed by atoms with E-state index in [9.17, 15) is 14.3 Å². The molecule has 5 heteroatoms. The molecule has 0 atom stereocenters. The van der Waals surface area contributed by atoms with Crippen molar-refractivity contribution in [1.29, 1.82) is 0 Å². The fourth-order valence-electron chi connectivity index (χ4n) is 3.23. The second kappa shape index (κ2) is 4.46. The van der Waals surface area contributed by atoms with Crippen molar-refractivity contribution in [3.05, 3.63) is 58.4 Å². The summed E-state index contributed by atoms with van der Waals surface area (Å²) in [6.45, 7) is 0.616. The normalized spacial score (nSPS) is 17.6. The molecule has 2 aromatic rings. The van der Waals surface area contributed by atoms with E-state index in [0.29, 0.717) is 6.54 Å². The van der Waals surface area contributed by atoms with Crippen LogP contribution in [-0.2, 0) is 5.41 Å². The summed E-state index contributed by atoms with van der Waals surface area (Å²) in [7, 11) is 0. The fourth-order valence-corrected chi connectivity index (χ4v) is 3.44. The zero-order chi connectivity index (χ0) is 15.5. The summed E-state index contributed by atoms with van der Waals surface area (Å²) in [6.07, 6.45) is 2.14. The largest absolute Gasteiger partial charge is 0.504 e. The van der Waals surface area contributed by atoms with Crippen LogP contribution < -0.4 is 4.90 Å². The number of fused-ring (bicyclic) bond motifs is 2. The highest BCUT2D eigenvalue weighted by Crippen LogP contribution is 2.56. The van der Waals surface area contributed by atoms with Gasteiger partial charge in [0.25, 0.3) is 5.91 Å². The molecule has 0 saturated heterocycles. The van der Waals surface area contributed by atoms with Crippen LogP contribution in [-0.4, -0.2) is 17.6 Å². The molecule has 1 spiro atoms. The Balaban J connectivity index is 1.76. The number of carbonyl (C=O) groups is 1. The fraction of sp³-hybridized carbons (Fsp3) is 0.235. The van der Waals surface area contributed by atoms with Gasteiger partial charge in [-0.15, -0.1) is 0 Å². The summed E-state index contributed by atoms with van der Waals surface area (Å²) in [5, 5.41) is 9.24. The summed E-state index contributed by atoms with van der Waals surface area (Å²) in [5.41, 5.74) is 2.29. The van der Waals surface area contributed by atoms with E-state index in [1.54, 1.807) is 4.90 Å². The smallest absolute Gasteiger partial charge is 0.258 e. The maximum Gasteiger partial charge on any atom is 0.258 e. The third-order valence-corrected chi connectivity index (χ3v) is 4.88. The molecule has 112 valence electrons. The van der Waals surface area contributed by atoms with Gasteiger partial charge in [0.05, 0.1) is 5.02 Å². The molecule has 1 saturated carbocycles. The zero-order valence-corrected chi connectivity index (χ0v) is 12.4. The average molecular weight is 318 g/mol. The number of hydrogen-bond acceptors (Lipinski definition) is 2. The first-order chi connectivity index (χ1) is 10.5. The average Bonchev–Trinajstić information content (AvgIpc) is 3.22. The Morgan fingerprint density at radius 2 is 2.00 bits per heavy atom. The van der Waals surface area contributed by atoms with Gasteiger partial charge in [0, 0.05) is 23.2 Å². The monoisotopic (exact) mass is 317 g/mol. The highest BCUT2D eigenvalue weighted by atomic mass is 35.5. The van der Waals surface area contributed by atoms with E-state index in [-0.39, 0.29) is 21.9 Å². The highest BCUT2D eigenvalue weighted by Gasteiger charge is 2.52. The van der Waals surface area contributed by atoms with E-state index in [4.69, 9.17) is 11.6 Å². The molecule has 1 heterocycles. The van der Waals surface area contributed by atoms with E-state index in [2.05, 4.69) is 6.07 Å². The Hall–Kier alpha value is -2.07. The molecule has 1 N–H and O–H groups in total. The van der Waals surface area contributed by atoms with E-state index >= 15 is 0 Å². The molecule has 1 amide bonds. The van der Waals surface area contributed by atoms with Crippen molar-refractivity contribution >= 4 is 23.2 Å². The minimum atomic E-state index is -0.885. The van der Waals surface area contributed by atoms with Gasteiger partial charge in [-0.3, -0.25) is 4.79 Å². The molecular weight excluding hydrogens is 305 g/mol. The number of phenolic OH excluding ortho intramolecular Hbond substituents is 1. The number of benzene rings is 2. The quantitative estimate of drug-likeness (QED) is 0.867. The summed E-state index contributed by atoms with van der Waals surface area (Å²) >= 11 is 5.78. The Bertz CT molecular complexity index is 778. The van der Waals surface area contributed by atoms with Crippen molar-refractivity contribution in [2.75, 3.05) is 11.4 Å². The predicted octanol–water partition coefficient (Wildman–Crippen LogP) is 3.88. The number of nitrogens with zero attached hydrogens (tertiary/aromatic N) is 1. The number of rotatable bonds is 1. The van der Waals surface area contributed by atoms with Gasteiger partial charge in [0.15, 0.2) is 11.6 Å². The molecule has 4 rings (SSSR count). The topological polar surface area (TPSA) is 40.5 Å². The molecule has 2 aromatic carbocycles. The van der Waals surface area contributed by atoms with Gasteiger partial charge in [0.1, 0.15) is 0 Å². The molecule has 0 bridgehead atoms. The SMILES string of the molecule is O=C(c1cc(F)c(O)c(Cl)c1)N1CC2(CC2)c2ccccc21. The zero-order valence-electron chi connectivity index (χ0n) is 11.6. The standard InChI is InChI=1S/C17H13ClFNO2/c18-12-7-10(8-13(19)15(12)21)16(22)20-9-17(5-6-17)11-3-1-2-4-14(11)20/h1-4,7-8,21H,5-6,9H2. The molecule has 2 aliphatic rings. The first-order valence-corrected chi connectivity index (χ1v) is 7.49. The van der Waals surface area contributed by atoms with Gasteiger partial charge in [-0.2, -0.15) is 0 Å². The molecule has 3 nitrogen and oxygen atoms in total. The Kier molecular flexibility index (Phi) is 2.76. The lowest BCUT2D eigenvalue weighted by molar-refractivity contribution is 0.0987. The molecule has 1 fully saturated rings. The molecule has 1 aliphatic carbocycles. The van der Waals surface area contributed by atoms with Gasteiger partial charge < -0.3 is 10.0 Å². The molecule has 0 radical (unpaired) electrons. The summed E-state index contributed by atoms with van der Waals surface area (Å²) in [4.78, 5) is 14.4. The Morgan fingerprint density at radius 3 is 2.68 bits per heavy atom. The Labute approximate surface area is 131 Å². The third-order valence-electron chi connectivity index (χ3n) is 4.59. The first kappa shape index (κ1) is 13.6. The Morgan fingerprint density at radius 1 is 1.27 bits per heavy atom. The maximum absolute atomic E-state index is 13.6. The number of amides is 1. The van der Waals surface area contributed by atoms with Crippen molar-refractivity contribution in [3.63, 3.8) is 0 Å². The lowest BCUT2D eigenvalue weighted by atomic mass is 9.99. The van der Waals surface area contributed by atoms with Crippen LogP contribution in [0.5, 0.6) is 5.75 Å². The van der Waals surface area contributed by atoms with E-state index in [1.165, 1.54) is 11.6 Å². The van der Waals surface area contributed by atoms with Crippen LogP contribution in [0.4, 0.5) is 10.1 Å². The number of hydrogen-bond donors (Lipinski definition) is 1.